The number of hydrazine groups is 1. The number of carbonyl (C=O) groups is 1. The minimum Gasteiger partial charge on any atom is -0.269 e. The molecule has 0 radical (unpaired) electrons. The largest absolute Gasteiger partial charge is 0.269 e. The van der Waals surface area contributed by atoms with Crippen LogP contribution in [0.5, 0.6) is 0 Å². The second kappa shape index (κ2) is 6.34. The Bertz CT molecular complexity index is 789. The minimum atomic E-state index is -0.648. The molecule has 0 saturated heterocycles. The van der Waals surface area contributed by atoms with Gasteiger partial charge in [0.15, 0.2) is 0 Å². The van der Waals surface area contributed by atoms with Crippen molar-refractivity contribution in [2.45, 2.75) is 25.9 Å². The van der Waals surface area contributed by atoms with Gasteiger partial charge in [-0.3, -0.25) is 9.80 Å². The molecule has 0 spiro atoms. The molecule has 4 nitrogen and oxygen atoms in total. The van der Waals surface area contributed by atoms with Crippen molar-refractivity contribution in [2.24, 2.45) is 0 Å². The summed E-state index contributed by atoms with van der Waals surface area (Å²) in [6, 6.07) is 10.3. The molecule has 0 fully saturated rings. The fraction of sp³-hybridized carbons (Fsp3) is 0.222. The third-order valence-corrected chi connectivity index (χ3v) is 4.29. The molecule has 2 heterocycles. The Morgan fingerprint density at radius 1 is 1.25 bits per heavy atom. The zero-order valence-electron chi connectivity index (χ0n) is 13.4. The molecule has 1 N–H and O–H groups in total. The number of carbonyl (C=O) groups excluding carboxylic acids is 1. The summed E-state index contributed by atoms with van der Waals surface area (Å²) >= 11 is 5.90. The molecule has 2 aromatic rings. The van der Waals surface area contributed by atoms with Crippen LogP contribution in [-0.2, 0) is 16.9 Å². The molecule has 1 amide bonds. The van der Waals surface area contributed by atoms with Crippen molar-refractivity contribution in [3.8, 4) is 0 Å². The minimum absolute atomic E-state index is 0.0995. The first kappa shape index (κ1) is 16.6. The molecule has 1 aliphatic heterocycles. The van der Waals surface area contributed by atoms with Gasteiger partial charge in [-0.2, -0.15) is 4.39 Å². The number of nitrogens with zero attached hydrogens (tertiary/aromatic N) is 2. The Morgan fingerprint density at radius 2 is 1.96 bits per heavy atom. The van der Waals surface area contributed by atoms with Gasteiger partial charge in [0, 0.05) is 16.8 Å². The van der Waals surface area contributed by atoms with Crippen LogP contribution in [0.2, 0.25) is 5.02 Å². The average Bonchev–Trinajstić information content (AvgIpc) is 2.55. The Kier molecular flexibility index (Phi) is 4.39. The van der Waals surface area contributed by atoms with E-state index in [2.05, 4.69) is 10.4 Å². The molecule has 0 bridgehead atoms. The quantitative estimate of drug-likeness (QED) is 0.865. The molecule has 0 saturated carbocycles. The fourth-order valence-corrected chi connectivity index (χ4v) is 2.91. The van der Waals surface area contributed by atoms with Gasteiger partial charge in [0.25, 0.3) is 5.91 Å². The summed E-state index contributed by atoms with van der Waals surface area (Å²) in [5.41, 5.74) is 4.92. The molecule has 1 atom stereocenters. The van der Waals surface area contributed by atoms with Gasteiger partial charge in [-0.25, -0.2) is 10.4 Å². The van der Waals surface area contributed by atoms with Crippen LogP contribution in [0.25, 0.3) is 0 Å². The SMILES string of the molecule is CC1=CC(C)(c2ccc(F)nc2)NN(Cc2ccc(Cl)cc2)C1=O. The smallest absolute Gasteiger partial charge is 0.263 e. The third-order valence-electron chi connectivity index (χ3n) is 4.04. The number of halogens is 2. The summed E-state index contributed by atoms with van der Waals surface area (Å²) in [6.45, 7) is 4.09. The normalized spacial score (nSPS) is 20.9. The highest BCUT2D eigenvalue weighted by atomic mass is 35.5. The van der Waals surface area contributed by atoms with Crippen molar-refractivity contribution in [2.75, 3.05) is 0 Å². The standard InChI is InChI=1S/C18H17ClFN3O/c1-12-9-18(2,14-5-8-16(20)21-10-14)22-23(17(12)24)11-13-3-6-15(19)7-4-13/h3-10,22H,11H2,1-2H3. The monoisotopic (exact) mass is 345 g/mol. The highest BCUT2D eigenvalue weighted by Gasteiger charge is 2.34. The van der Waals surface area contributed by atoms with E-state index in [1.54, 1.807) is 30.1 Å². The topological polar surface area (TPSA) is 45.2 Å². The van der Waals surface area contributed by atoms with E-state index in [9.17, 15) is 9.18 Å². The Labute approximate surface area is 144 Å². The van der Waals surface area contributed by atoms with E-state index >= 15 is 0 Å². The van der Waals surface area contributed by atoms with Crippen LogP contribution in [0.4, 0.5) is 4.39 Å². The number of hydrogen-bond acceptors (Lipinski definition) is 3. The van der Waals surface area contributed by atoms with E-state index in [4.69, 9.17) is 11.6 Å². The maximum absolute atomic E-state index is 13.1. The summed E-state index contributed by atoms with van der Waals surface area (Å²) < 4.78 is 13.1. The predicted octanol–water partition coefficient (Wildman–Crippen LogP) is 3.58. The molecular weight excluding hydrogens is 329 g/mol. The summed E-state index contributed by atoms with van der Waals surface area (Å²) in [5, 5.41) is 2.21. The lowest BCUT2D eigenvalue weighted by Crippen LogP contribution is -2.55. The van der Waals surface area contributed by atoms with Gasteiger partial charge < -0.3 is 0 Å². The van der Waals surface area contributed by atoms with E-state index < -0.39 is 11.5 Å². The predicted molar refractivity (Wildman–Crippen MR) is 90.4 cm³/mol. The highest BCUT2D eigenvalue weighted by molar-refractivity contribution is 6.30. The highest BCUT2D eigenvalue weighted by Crippen LogP contribution is 2.28. The van der Waals surface area contributed by atoms with E-state index in [1.807, 2.05) is 25.1 Å². The Balaban J connectivity index is 1.89. The van der Waals surface area contributed by atoms with E-state index in [1.165, 1.54) is 12.3 Å². The number of amides is 1. The third kappa shape index (κ3) is 3.32. The van der Waals surface area contributed by atoms with Crippen LogP contribution in [0.3, 0.4) is 0 Å². The van der Waals surface area contributed by atoms with Gasteiger partial charge in [-0.05, 0) is 43.2 Å². The zero-order chi connectivity index (χ0) is 17.3. The van der Waals surface area contributed by atoms with Gasteiger partial charge in [0.05, 0.1) is 12.1 Å². The molecule has 1 aromatic carbocycles. The lowest BCUT2D eigenvalue weighted by Gasteiger charge is -2.39. The maximum atomic E-state index is 13.1. The number of pyridine rings is 1. The van der Waals surface area contributed by atoms with Gasteiger partial charge in [-0.15, -0.1) is 0 Å². The van der Waals surface area contributed by atoms with Crippen molar-refractivity contribution < 1.29 is 9.18 Å². The Morgan fingerprint density at radius 3 is 2.58 bits per heavy atom. The number of rotatable bonds is 3. The zero-order valence-corrected chi connectivity index (χ0v) is 14.1. The number of nitrogens with one attached hydrogen (secondary N) is 1. The van der Waals surface area contributed by atoms with Crippen LogP contribution >= 0.6 is 11.6 Å². The molecule has 6 heteroatoms. The summed E-state index contributed by atoms with van der Waals surface area (Å²) in [4.78, 5) is 16.2. The van der Waals surface area contributed by atoms with Crippen LogP contribution in [-0.4, -0.2) is 15.9 Å². The van der Waals surface area contributed by atoms with Crippen molar-refractivity contribution in [3.63, 3.8) is 0 Å². The van der Waals surface area contributed by atoms with Crippen LogP contribution in [0, 0.1) is 5.95 Å². The molecule has 0 aliphatic carbocycles. The lowest BCUT2D eigenvalue weighted by molar-refractivity contribution is -0.134. The van der Waals surface area contributed by atoms with E-state index in [0.717, 1.165) is 11.1 Å². The molecule has 1 aliphatic rings. The first-order chi connectivity index (χ1) is 11.4. The van der Waals surface area contributed by atoms with Gasteiger partial charge >= 0.3 is 0 Å². The van der Waals surface area contributed by atoms with Crippen molar-refractivity contribution >= 4 is 17.5 Å². The second-order valence-corrected chi connectivity index (χ2v) is 6.47. The van der Waals surface area contributed by atoms with Gasteiger partial charge in [0.1, 0.15) is 0 Å². The average molecular weight is 346 g/mol. The van der Waals surface area contributed by atoms with E-state index in [-0.39, 0.29) is 5.91 Å². The molecule has 1 aromatic heterocycles. The van der Waals surface area contributed by atoms with Crippen LogP contribution in [0.15, 0.2) is 54.2 Å². The number of aromatic nitrogens is 1. The van der Waals surface area contributed by atoms with Gasteiger partial charge in [-0.1, -0.05) is 35.9 Å². The lowest BCUT2D eigenvalue weighted by atomic mass is 9.90. The first-order valence-electron chi connectivity index (χ1n) is 7.53. The molecular formula is C18H17ClFN3O. The fourth-order valence-electron chi connectivity index (χ4n) is 2.79. The van der Waals surface area contributed by atoms with Crippen LogP contribution in [0.1, 0.15) is 25.0 Å². The number of benzene rings is 1. The van der Waals surface area contributed by atoms with Crippen molar-refractivity contribution in [1.82, 2.24) is 15.4 Å². The van der Waals surface area contributed by atoms with Crippen LogP contribution < -0.4 is 5.43 Å². The maximum Gasteiger partial charge on any atom is 0.263 e. The Hall–Kier alpha value is -2.24. The van der Waals surface area contributed by atoms with Crippen molar-refractivity contribution in [1.29, 1.82) is 0 Å². The molecule has 124 valence electrons. The summed E-state index contributed by atoms with van der Waals surface area (Å²) in [5.74, 6) is -0.634. The summed E-state index contributed by atoms with van der Waals surface area (Å²) in [7, 11) is 0. The number of hydrogen-bond donors (Lipinski definition) is 1. The van der Waals surface area contributed by atoms with Gasteiger partial charge in [0.2, 0.25) is 5.95 Å². The molecule has 3 rings (SSSR count). The van der Waals surface area contributed by atoms with E-state index in [0.29, 0.717) is 17.1 Å². The molecule has 1 unspecified atom stereocenters. The second-order valence-electron chi connectivity index (χ2n) is 6.03. The first-order valence-corrected chi connectivity index (χ1v) is 7.91. The molecule has 24 heavy (non-hydrogen) atoms. The summed E-state index contributed by atoms with van der Waals surface area (Å²) in [6.07, 6.45) is 3.31. The van der Waals surface area contributed by atoms with Crippen molar-refractivity contribution in [3.05, 3.63) is 76.3 Å².